The molecule has 0 aliphatic rings. The lowest BCUT2D eigenvalue weighted by Gasteiger charge is -2.21. The number of aromatic nitrogens is 1. The number of benzene rings is 2. The minimum absolute atomic E-state index is 0.107. The molecule has 0 saturated carbocycles. The Hall–Kier alpha value is -2.70. The highest BCUT2D eigenvalue weighted by Gasteiger charge is 2.20. The highest BCUT2D eigenvalue weighted by Crippen LogP contribution is 2.32. The van der Waals surface area contributed by atoms with Gasteiger partial charge in [-0.15, -0.1) is 0 Å². The zero-order valence-electron chi connectivity index (χ0n) is 20.6. The van der Waals surface area contributed by atoms with Crippen molar-refractivity contribution in [2.45, 2.75) is 70.3 Å². The molecule has 6 heteroatoms. The standard InChI is InChI=1S/C28H33FN2O2S/c1-17(2)24-14-22(29)15-25(18(3)4)26(24)16-27(32)31-34-23-12-20(19-7-9-30-10-8-19)11-21(13-23)28(5,6)33/h7-15,17-18,33H,16H2,1-6H3,(H,31,32). The summed E-state index contributed by atoms with van der Waals surface area (Å²) >= 11 is 1.22. The molecule has 1 aromatic heterocycles. The van der Waals surface area contributed by atoms with Crippen LogP contribution in [-0.2, 0) is 16.8 Å². The Morgan fingerprint density at radius 1 is 1.00 bits per heavy atom. The fourth-order valence-corrected chi connectivity index (χ4v) is 4.62. The van der Waals surface area contributed by atoms with Gasteiger partial charge in [-0.3, -0.25) is 14.5 Å². The molecule has 0 atom stereocenters. The number of amides is 1. The summed E-state index contributed by atoms with van der Waals surface area (Å²) < 4.78 is 17.2. The van der Waals surface area contributed by atoms with Gasteiger partial charge in [0.1, 0.15) is 5.82 Å². The van der Waals surface area contributed by atoms with Crippen LogP contribution in [0.2, 0.25) is 0 Å². The summed E-state index contributed by atoms with van der Waals surface area (Å²) in [6.45, 7) is 11.5. The Balaban J connectivity index is 1.86. The van der Waals surface area contributed by atoms with Crippen molar-refractivity contribution in [2.75, 3.05) is 0 Å². The van der Waals surface area contributed by atoms with Crippen LogP contribution in [0.3, 0.4) is 0 Å². The number of nitrogens with zero attached hydrogens (tertiary/aromatic N) is 1. The molecule has 2 N–H and O–H groups in total. The monoisotopic (exact) mass is 480 g/mol. The van der Waals surface area contributed by atoms with Crippen molar-refractivity contribution in [1.29, 1.82) is 0 Å². The third kappa shape index (κ3) is 6.45. The maximum atomic E-state index is 14.2. The number of hydrogen-bond donors (Lipinski definition) is 2. The van der Waals surface area contributed by atoms with Gasteiger partial charge in [-0.1, -0.05) is 27.7 Å². The Morgan fingerprint density at radius 2 is 1.59 bits per heavy atom. The van der Waals surface area contributed by atoms with E-state index in [4.69, 9.17) is 0 Å². The summed E-state index contributed by atoms with van der Waals surface area (Å²) in [4.78, 5) is 17.9. The third-order valence-corrected chi connectivity index (χ3v) is 6.58. The first-order valence-electron chi connectivity index (χ1n) is 11.5. The normalized spacial score (nSPS) is 11.8. The smallest absolute Gasteiger partial charge is 0.234 e. The van der Waals surface area contributed by atoms with E-state index in [0.29, 0.717) is 0 Å². The Labute approximate surface area is 206 Å². The minimum atomic E-state index is -1.03. The summed E-state index contributed by atoms with van der Waals surface area (Å²) in [5.41, 5.74) is 4.26. The van der Waals surface area contributed by atoms with Crippen molar-refractivity contribution in [3.8, 4) is 11.1 Å². The lowest BCUT2D eigenvalue weighted by Crippen LogP contribution is -2.21. The summed E-state index contributed by atoms with van der Waals surface area (Å²) in [6, 6.07) is 12.7. The molecule has 4 nitrogen and oxygen atoms in total. The first kappa shape index (κ1) is 25.9. The molecule has 0 spiro atoms. The molecule has 2 aromatic carbocycles. The molecule has 1 amide bonds. The van der Waals surface area contributed by atoms with E-state index in [1.165, 1.54) is 11.9 Å². The van der Waals surface area contributed by atoms with E-state index in [-0.39, 0.29) is 30.0 Å². The van der Waals surface area contributed by atoms with Crippen LogP contribution in [0.5, 0.6) is 0 Å². The molecule has 0 fully saturated rings. The second-order valence-electron chi connectivity index (χ2n) is 9.72. The van der Waals surface area contributed by atoms with Gasteiger partial charge in [0.05, 0.1) is 12.0 Å². The highest BCUT2D eigenvalue weighted by atomic mass is 32.2. The number of hydrogen-bond acceptors (Lipinski definition) is 4. The number of aliphatic hydroxyl groups is 1. The number of rotatable bonds is 8. The molecule has 0 saturated heterocycles. The Bertz CT molecular complexity index is 1130. The summed E-state index contributed by atoms with van der Waals surface area (Å²) in [6.07, 6.45) is 3.63. The van der Waals surface area contributed by atoms with Crippen LogP contribution >= 0.6 is 11.9 Å². The molecule has 34 heavy (non-hydrogen) atoms. The fourth-order valence-electron chi connectivity index (χ4n) is 3.95. The lowest BCUT2D eigenvalue weighted by molar-refractivity contribution is -0.118. The first-order chi connectivity index (χ1) is 16.0. The van der Waals surface area contributed by atoms with Crippen molar-refractivity contribution in [3.05, 3.63) is 82.9 Å². The van der Waals surface area contributed by atoms with E-state index in [2.05, 4.69) is 9.71 Å². The Kier molecular flexibility index (Phi) is 8.16. The Morgan fingerprint density at radius 3 is 2.12 bits per heavy atom. The second kappa shape index (κ2) is 10.7. The molecule has 0 unspecified atom stereocenters. The first-order valence-corrected chi connectivity index (χ1v) is 12.3. The number of carbonyl (C=O) groups is 1. The predicted molar refractivity (Wildman–Crippen MR) is 137 cm³/mol. The molecule has 3 aromatic rings. The molecule has 0 aliphatic carbocycles. The van der Waals surface area contributed by atoms with Gasteiger partial charge < -0.3 is 5.11 Å². The van der Waals surface area contributed by atoms with E-state index < -0.39 is 5.60 Å². The van der Waals surface area contributed by atoms with E-state index in [1.807, 2.05) is 58.0 Å². The van der Waals surface area contributed by atoms with Gasteiger partial charge >= 0.3 is 0 Å². The van der Waals surface area contributed by atoms with Gasteiger partial charge in [-0.05, 0) is 113 Å². The van der Waals surface area contributed by atoms with Crippen molar-refractivity contribution in [3.63, 3.8) is 0 Å². The maximum Gasteiger partial charge on any atom is 0.234 e. The fraction of sp³-hybridized carbons (Fsp3) is 0.357. The number of halogens is 1. The van der Waals surface area contributed by atoms with Gasteiger partial charge in [0.15, 0.2) is 0 Å². The van der Waals surface area contributed by atoms with Gasteiger partial charge in [-0.25, -0.2) is 4.39 Å². The van der Waals surface area contributed by atoms with Crippen molar-refractivity contribution >= 4 is 17.9 Å². The minimum Gasteiger partial charge on any atom is -0.386 e. The van der Waals surface area contributed by atoms with E-state index >= 15 is 0 Å². The van der Waals surface area contributed by atoms with Gasteiger partial charge in [0.25, 0.3) is 0 Å². The SMILES string of the molecule is CC(C)c1cc(F)cc(C(C)C)c1CC(=O)NSc1cc(-c2ccncc2)cc(C(C)(C)O)c1. The van der Waals surface area contributed by atoms with Gasteiger partial charge in [-0.2, -0.15) is 0 Å². The molecular weight excluding hydrogens is 447 g/mol. The van der Waals surface area contributed by atoms with E-state index in [9.17, 15) is 14.3 Å². The number of nitrogens with one attached hydrogen (secondary N) is 1. The van der Waals surface area contributed by atoms with Crippen LogP contribution in [0.25, 0.3) is 11.1 Å². The van der Waals surface area contributed by atoms with Crippen LogP contribution in [0, 0.1) is 5.82 Å². The average Bonchev–Trinajstić information content (AvgIpc) is 2.78. The van der Waals surface area contributed by atoms with Crippen LogP contribution in [0.15, 0.2) is 59.8 Å². The summed E-state index contributed by atoms with van der Waals surface area (Å²) in [5, 5.41) is 10.6. The van der Waals surface area contributed by atoms with Crippen molar-refractivity contribution in [2.24, 2.45) is 0 Å². The third-order valence-electron chi connectivity index (χ3n) is 5.77. The number of carbonyl (C=O) groups excluding carboxylic acids is 1. The van der Waals surface area contributed by atoms with Crippen LogP contribution in [0.4, 0.5) is 4.39 Å². The quantitative estimate of drug-likeness (QED) is 0.351. The second-order valence-corrected chi connectivity index (χ2v) is 10.6. The number of pyridine rings is 1. The summed E-state index contributed by atoms with van der Waals surface area (Å²) in [5.74, 6) is -0.206. The molecule has 0 aliphatic heterocycles. The zero-order chi connectivity index (χ0) is 25.0. The molecule has 0 radical (unpaired) electrons. The van der Waals surface area contributed by atoms with Gasteiger partial charge in [0, 0.05) is 17.3 Å². The van der Waals surface area contributed by atoms with E-state index in [1.54, 1.807) is 38.4 Å². The van der Waals surface area contributed by atoms with Gasteiger partial charge in [0.2, 0.25) is 5.91 Å². The van der Waals surface area contributed by atoms with Crippen LogP contribution in [0.1, 0.15) is 75.6 Å². The highest BCUT2D eigenvalue weighted by molar-refractivity contribution is 7.98. The largest absolute Gasteiger partial charge is 0.386 e. The topological polar surface area (TPSA) is 62.2 Å². The van der Waals surface area contributed by atoms with E-state index in [0.717, 1.165) is 38.3 Å². The average molecular weight is 481 g/mol. The molecular formula is C28H33FN2O2S. The molecule has 1 heterocycles. The maximum absolute atomic E-state index is 14.2. The predicted octanol–water partition coefficient (Wildman–Crippen LogP) is 6.73. The van der Waals surface area contributed by atoms with Crippen molar-refractivity contribution in [1.82, 2.24) is 9.71 Å². The van der Waals surface area contributed by atoms with Crippen molar-refractivity contribution < 1.29 is 14.3 Å². The van der Waals surface area contributed by atoms with Crippen LogP contribution in [-0.4, -0.2) is 16.0 Å². The molecule has 180 valence electrons. The summed E-state index contributed by atoms with van der Waals surface area (Å²) in [7, 11) is 0. The zero-order valence-corrected chi connectivity index (χ0v) is 21.5. The van der Waals surface area contributed by atoms with Crippen LogP contribution < -0.4 is 4.72 Å². The molecule has 0 bridgehead atoms. The lowest BCUT2D eigenvalue weighted by atomic mass is 9.87. The molecule has 3 rings (SSSR count).